The highest BCUT2D eigenvalue weighted by Gasteiger charge is 2.28. The van der Waals surface area contributed by atoms with Gasteiger partial charge in [0.2, 0.25) is 0 Å². The summed E-state index contributed by atoms with van der Waals surface area (Å²) in [5.41, 5.74) is 5.54. The first-order valence-corrected chi connectivity index (χ1v) is 15.1. The molecule has 0 saturated heterocycles. The van der Waals surface area contributed by atoms with Crippen LogP contribution in [-0.4, -0.2) is 11.7 Å². The molecule has 0 unspecified atom stereocenters. The highest BCUT2D eigenvalue weighted by atomic mass is 35.5. The number of benzene rings is 4. The number of aliphatic imine (C=N–C) groups is 2. The molecule has 2 aliphatic rings. The van der Waals surface area contributed by atoms with E-state index in [0.29, 0.717) is 62.3 Å². The number of hydrogen-bond acceptors (Lipinski definition) is 6. The van der Waals surface area contributed by atoms with E-state index in [1.807, 2.05) is 48.5 Å². The minimum absolute atomic E-state index is 0.188. The van der Waals surface area contributed by atoms with Crippen LogP contribution in [0.5, 0.6) is 0 Å². The maximum Gasteiger partial charge on any atom is 0.135 e. The highest BCUT2D eigenvalue weighted by molar-refractivity contribution is 6.54. The Kier molecular flexibility index (Phi) is 8.53. The molecular weight excluding hydrogens is 704 g/mol. The van der Waals surface area contributed by atoms with E-state index in [9.17, 15) is 0 Å². The van der Waals surface area contributed by atoms with Gasteiger partial charge < -0.3 is 10.6 Å². The second-order valence-electron chi connectivity index (χ2n) is 9.14. The molecule has 0 atom stereocenters. The fourth-order valence-corrected chi connectivity index (χ4v) is 6.44. The van der Waals surface area contributed by atoms with E-state index < -0.39 is 0 Å². The summed E-state index contributed by atoms with van der Waals surface area (Å²) in [7, 11) is 0. The van der Waals surface area contributed by atoms with Crippen molar-refractivity contribution in [2.45, 2.75) is 13.0 Å². The highest BCUT2D eigenvalue weighted by Crippen LogP contribution is 2.48. The van der Waals surface area contributed by atoms with Gasteiger partial charge in [0.05, 0.1) is 63.8 Å². The van der Waals surface area contributed by atoms with E-state index in [2.05, 4.69) is 30.8 Å². The Labute approximate surface area is 280 Å². The molecule has 0 aliphatic carbocycles. The van der Waals surface area contributed by atoms with Crippen LogP contribution in [0.4, 0.5) is 28.4 Å². The number of rotatable bonds is 4. The Hall–Kier alpha value is -2.26. The van der Waals surface area contributed by atoms with Gasteiger partial charge in [-0.3, -0.25) is 4.99 Å². The molecule has 0 radical (unpaired) electrons. The first-order chi connectivity index (χ1) is 20.1. The molecule has 0 fully saturated rings. The lowest BCUT2D eigenvalue weighted by atomic mass is 10.1. The summed E-state index contributed by atoms with van der Waals surface area (Å²) in [6, 6.07) is 14.8. The summed E-state index contributed by atoms with van der Waals surface area (Å²) < 4.78 is 0. The van der Waals surface area contributed by atoms with Crippen LogP contribution in [0.15, 0.2) is 68.7 Å². The quantitative estimate of drug-likeness (QED) is 0.125. The van der Waals surface area contributed by atoms with Gasteiger partial charge in [-0.15, -0.1) is 0 Å². The lowest BCUT2D eigenvalue weighted by Crippen LogP contribution is -2.12. The minimum Gasteiger partial charge on any atom is -0.343 e. The van der Waals surface area contributed by atoms with Crippen molar-refractivity contribution in [3.8, 4) is 0 Å². The summed E-state index contributed by atoms with van der Waals surface area (Å²) >= 11 is 50.2. The Bertz CT molecular complexity index is 1850. The summed E-state index contributed by atoms with van der Waals surface area (Å²) in [6.07, 6.45) is 0.444. The van der Waals surface area contributed by atoms with Crippen LogP contribution in [0.2, 0.25) is 40.2 Å². The largest absolute Gasteiger partial charge is 0.343 e. The molecule has 0 spiro atoms. The number of azo groups is 1. The van der Waals surface area contributed by atoms with Gasteiger partial charge in [0.25, 0.3) is 0 Å². The summed E-state index contributed by atoms with van der Waals surface area (Å²) in [6.45, 7) is 0.349. The van der Waals surface area contributed by atoms with Gasteiger partial charge in [0.15, 0.2) is 0 Å². The van der Waals surface area contributed by atoms with Crippen LogP contribution >= 0.6 is 92.8 Å². The topological polar surface area (TPSA) is 73.5 Å². The lowest BCUT2D eigenvalue weighted by molar-refractivity contribution is 1.11. The molecule has 0 bridgehead atoms. The second kappa shape index (κ2) is 12.0. The number of fused-ring (bicyclic) bond motifs is 2. The third-order valence-electron chi connectivity index (χ3n) is 6.49. The third kappa shape index (κ3) is 5.56. The Balaban J connectivity index is 1.09. The number of halogens is 8. The summed E-state index contributed by atoms with van der Waals surface area (Å²) in [4.78, 5) is 9.05. The average molecular weight is 718 g/mol. The molecule has 2 aliphatic heterocycles. The summed E-state index contributed by atoms with van der Waals surface area (Å²) in [5.74, 6) is 1.23. The number of hydrogen-bond donors (Lipinski definition) is 2. The molecule has 2 heterocycles. The number of nitrogens with zero attached hydrogens (tertiary/aromatic N) is 4. The van der Waals surface area contributed by atoms with Crippen LogP contribution in [-0.2, 0) is 13.0 Å². The molecule has 212 valence electrons. The molecule has 0 saturated carbocycles. The molecule has 42 heavy (non-hydrogen) atoms. The molecular formula is C28H14Cl8N6. The first kappa shape index (κ1) is 29.8. The van der Waals surface area contributed by atoms with E-state index >= 15 is 0 Å². The predicted octanol–water partition coefficient (Wildman–Crippen LogP) is 12.4. The first-order valence-electron chi connectivity index (χ1n) is 12.1. The molecule has 6 rings (SSSR count). The van der Waals surface area contributed by atoms with Crippen molar-refractivity contribution in [3.05, 3.63) is 105 Å². The van der Waals surface area contributed by atoms with Crippen molar-refractivity contribution in [1.82, 2.24) is 0 Å². The average Bonchev–Trinajstić information content (AvgIpc) is 3.62. The van der Waals surface area contributed by atoms with Crippen LogP contribution in [0.1, 0.15) is 16.7 Å². The maximum absolute atomic E-state index is 6.44. The van der Waals surface area contributed by atoms with Gasteiger partial charge in [-0.05, 0) is 48.5 Å². The van der Waals surface area contributed by atoms with Crippen LogP contribution in [0, 0.1) is 0 Å². The van der Waals surface area contributed by atoms with E-state index in [4.69, 9.17) is 92.8 Å². The maximum atomic E-state index is 6.44. The standard InChI is InChI=1S/C28H14Cl8N6/c29-19-15-9-17(40-27(15)26(36)25(35)22(19)32)38-11-1-5-13(6-2-11)41-42-14-7-3-12(4-8-14)39-28-18-16(10-37-28)20(30)23(33)24(34)21(18)31/h1-8H,9-10H2,(H,37,39)(H,38,40). The van der Waals surface area contributed by atoms with Crippen LogP contribution in [0.3, 0.4) is 0 Å². The van der Waals surface area contributed by atoms with Gasteiger partial charge in [0, 0.05) is 34.5 Å². The molecule has 14 heteroatoms. The lowest BCUT2D eigenvalue weighted by Gasteiger charge is -2.13. The number of nitrogens with one attached hydrogen (secondary N) is 2. The van der Waals surface area contributed by atoms with Crippen molar-refractivity contribution >= 4 is 133 Å². The van der Waals surface area contributed by atoms with Gasteiger partial charge in [-0.2, -0.15) is 10.2 Å². The van der Waals surface area contributed by atoms with E-state index in [1.165, 1.54) is 0 Å². The Morgan fingerprint density at radius 1 is 0.548 bits per heavy atom. The minimum atomic E-state index is 0.188. The molecule has 0 amide bonds. The van der Waals surface area contributed by atoms with Gasteiger partial charge in [-0.25, -0.2) is 4.99 Å². The Morgan fingerprint density at radius 3 is 1.64 bits per heavy atom. The molecule has 4 aromatic rings. The van der Waals surface area contributed by atoms with Gasteiger partial charge >= 0.3 is 0 Å². The van der Waals surface area contributed by atoms with E-state index in [-0.39, 0.29) is 25.1 Å². The van der Waals surface area contributed by atoms with Gasteiger partial charge in [-0.1, -0.05) is 92.8 Å². The number of anilines is 2. The third-order valence-corrected chi connectivity index (χ3v) is 10.2. The second-order valence-corrected chi connectivity index (χ2v) is 12.2. The van der Waals surface area contributed by atoms with Crippen LogP contribution in [0.25, 0.3) is 0 Å². The van der Waals surface area contributed by atoms with Crippen molar-refractivity contribution in [3.63, 3.8) is 0 Å². The van der Waals surface area contributed by atoms with Crippen molar-refractivity contribution in [2.75, 3.05) is 10.6 Å². The monoisotopic (exact) mass is 714 g/mol. The van der Waals surface area contributed by atoms with E-state index in [1.54, 1.807) is 0 Å². The normalized spacial score (nSPS) is 13.7. The fourth-order valence-electron chi connectivity index (χ4n) is 4.41. The van der Waals surface area contributed by atoms with Crippen molar-refractivity contribution in [1.29, 1.82) is 0 Å². The molecule has 2 N–H and O–H groups in total. The van der Waals surface area contributed by atoms with Crippen LogP contribution < -0.4 is 10.6 Å². The zero-order chi connectivity index (χ0) is 29.7. The molecule has 6 nitrogen and oxygen atoms in total. The van der Waals surface area contributed by atoms with Crippen molar-refractivity contribution in [2.24, 2.45) is 20.2 Å². The van der Waals surface area contributed by atoms with Gasteiger partial charge in [0.1, 0.15) is 11.7 Å². The summed E-state index contributed by atoms with van der Waals surface area (Å²) in [5, 5.41) is 17.3. The zero-order valence-electron chi connectivity index (χ0n) is 20.8. The Morgan fingerprint density at radius 2 is 1.05 bits per heavy atom. The predicted molar refractivity (Wildman–Crippen MR) is 178 cm³/mol. The number of amidine groups is 2. The zero-order valence-corrected chi connectivity index (χ0v) is 26.9. The fraction of sp³-hybridized carbons (Fsp3) is 0.0714. The molecule has 4 aromatic carbocycles. The van der Waals surface area contributed by atoms with E-state index in [0.717, 1.165) is 22.5 Å². The van der Waals surface area contributed by atoms with Crippen molar-refractivity contribution < 1.29 is 0 Å². The molecule has 0 aromatic heterocycles. The SMILES string of the molecule is Clc1c(Cl)c(Cl)c2c(c1Cl)CC(Nc1ccc(N=Nc3ccc(NC4=NCc5c(Cl)c(Cl)c(Cl)c(Cl)c54)cc3)cc1)=N2. The smallest absolute Gasteiger partial charge is 0.135 e.